The van der Waals surface area contributed by atoms with Crippen molar-refractivity contribution in [2.45, 2.75) is 34.6 Å². The second kappa shape index (κ2) is 10.6. The van der Waals surface area contributed by atoms with Gasteiger partial charge in [0.25, 0.3) is 0 Å². The molecule has 0 fully saturated rings. The molecular formula is C13H22N2. The zero-order valence-electron chi connectivity index (χ0n) is 10.5. The van der Waals surface area contributed by atoms with E-state index >= 15 is 0 Å². The van der Waals surface area contributed by atoms with Crippen molar-refractivity contribution in [1.82, 2.24) is 4.98 Å². The molecule has 84 valence electrons. The first-order valence-corrected chi connectivity index (χ1v) is 5.33. The molecule has 1 heterocycles. The lowest BCUT2D eigenvalue weighted by Gasteiger charge is -2.00. The van der Waals surface area contributed by atoms with Crippen LogP contribution in [0.4, 0.5) is 5.82 Å². The van der Waals surface area contributed by atoms with Gasteiger partial charge in [-0.2, -0.15) is 0 Å². The van der Waals surface area contributed by atoms with Gasteiger partial charge in [-0.15, -0.1) is 0 Å². The van der Waals surface area contributed by atoms with Crippen LogP contribution in [0.2, 0.25) is 0 Å². The van der Waals surface area contributed by atoms with Crippen molar-refractivity contribution < 1.29 is 0 Å². The maximum Gasteiger partial charge on any atom is 0.158 e. The number of nitrogens with zero attached hydrogens (tertiary/aromatic N) is 2. The zero-order valence-corrected chi connectivity index (χ0v) is 10.5. The summed E-state index contributed by atoms with van der Waals surface area (Å²) in [5.41, 5.74) is 1.92. The average molecular weight is 206 g/mol. The van der Waals surface area contributed by atoms with Gasteiger partial charge in [-0.3, -0.25) is 0 Å². The largest absolute Gasteiger partial charge is 0.245 e. The molecule has 15 heavy (non-hydrogen) atoms. The highest BCUT2D eigenvalue weighted by Gasteiger charge is 1.99. The third-order valence-corrected chi connectivity index (χ3v) is 1.40. The summed E-state index contributed by atoms with van der Waals surface area (Å²) < 4.78 is 0. The van der Waals surface area contributed by atoms with Gasteiger partial charge < -0.3 is 0 Å². The molecule has 0 aliphatic heterocycles. The lowest BCUT2D eigenvalue weighted by atomic mass is 10.1. The molecule has 1 rings (SSSR count). The third-order valence-electron chi connectivity index (χ3n) is 1.40. The van der Waals surface area contributed by atoms with Crippen LogP contribution in [0.15, 0.2) is 29.9 Å². The maximum atomic E-state index is 4.03. The minimum Gasteiger partial charge on any atom is -0.245 e. The number of hydrogen-bond donors (Lipinski definition) is 0. The van der Waals surface area contributed by atoms with Gasteiger partial charge in [-0.1, -0.05) is 34.3 Å². The Hall–Kier alpha value is -1.44. The summed E-state index contributed by atoms with van der Waals surface area (Å²) in [6.07, 6.45) is 1.69. The Labute approximate surface area is 93.8 Å². The molecule has 0 aliphatic rings. The van der Waals surface area contributed by atoms with Crippen LogP contribution >= 0.6 is 0 Å². The number of aromatic nitrogens is 1. The van der Waals surface area contributed by atoms with Crippen molar-refractivity contribution in [3.8, 4) is 0 Å². The average Bonchev–Trinajstić information content (AvgIpc) is 2.34. The van der Waals surface area contributed by atoms with Gasteiger partial charge >= 0.3 is 0 Å². The highest BCUT2D eigenvalue weighted by atomic mass is 14.9. The summed E-state index contributed by atoms with van der Waals surface area (Å²) in [5, 5.41) is 0. The van der Waals surface area contributed by atoms with Crippen molar-refractivity contribution in [2.24, 2.45) is 4.99 Å². The number of allylic oxidation sites excluding steroid dienone is 1. The highest BCUT2D eigenvalue weighted by molar-refractivity contribution is 5.70. The van der Waals surface area contributed by atoms with E-state index in [-0.39, 0.29) is 0 Å². The van der Waals surface area contributed by atoms with Gasteiger partial charge in [0.1, 0.15) is 0 Å². The minimum atomic E-state index is 0.653. The number of aliphatic imine (C=N–C) groups is 1. The fraction of sp³-hybridized carbons (Fsp3) is 0.385. The second-order valence-electron chi connectivity index (χ2n) is 2.31. The summed E-state index contributed by atoms with van der Waals surface area (Å²) in [6, 6.07) is 3.79. The molecule has 2 nitrogen and oxygen atoms in total. The molecule has 0 radical (unpaired) electrons. The van der Waals surface area contributed by atoms with Gasteiger partial charge in [-0.25, -0.2) is 9.98 Å². The smallest absolute Gasteiger partial charge is 0.158 e. The van der Waals surface area contributed by atoms with Crippen LogP contribution in [0.25, 0.3) is 5.57 Å². The third kappa shape index (κ3) is 5.78. The Balaban J connectivity index is 0. The SMILES string of the molecule is C=Nc1ncccc1C(=C)C.CC.CC. The van der Waals surface area contributed by atoms with E-state index in [2.05, 4.69) is 23.3 Å². The Kier molecular flexibility index (Phi) is 11.4. The fourth-order valence-electron chi connectivity index (χ4n) is 0.856. The van der Waals surface area contributed by atoms with E-state index in [9.17, 15) is 0 Å². The lowest BCUT2D eigenvalue weighted by molar-refractivity contribution is 1.26. The first kappa shape index (κ1) is 16.0. The predicted octanol–water partition coefficient (Wildman–Crippen LogP) is 4.50. The van der Waals surface area contributed by atoms with Gasteiger partial charge in [0.15, 0.2) is 5.82 Å². The summed E-state index contributed by atoms with van der Waals surface area (Å²) in [4.78, 5) is 7.80. The van der Waals surface area contributed by atoms with E-state index in [4.69, 9.17) is 0 Å². The van der Waals surface area contributed by atoms with E-state index in [1.54, 1.807) is 6.20 Å². The fourth-order valence-corrected chi connectivity index (χ4v) is 0.856. The topological polar surface area (TPSA) is 25.2 Å². The predicted molar refractivity (Wildman–Crippen MR) is 70.9 cm³/mol. The molecule has 0 aliphatic carbocycles. The van der Waals surface area contributed by atoms with Crippen LogP contribution in [0.1, 0.15) is 40.2 Å². The van der Waals surface area contributed by atoms with Gasteiger partial charge in [0, 0.05) is 11.8 Å². The van der Waals surface area contributed by atoms with E-state index in [1.165, 1.54) is 0 Å². The molecule has 0 unspecified atom stereocenters. The number of hydrogen-bond acceptors (Lipinski definition) is 2. The summed E-state index contributed by atoms with van der Waals surface area (Å²) in [7, 11) is 0. The molecule has 0 aromatic carbocycles. The van der Waals surface area contributed by atoms with Gasteiger partial charge in [0.05, 0.1) is 0 Å². The molecule has 0 saturated carbocycles. The van der Waals surface area contributed by atoms with Gasteiger partial charge in [-0.05, 0) is 31.3 Å². The highest BCUT2D eigenvalue weighted by Crippen LogP contribution is 2.20. The molecule has 0 bridgehead atoms. The summed E-state index contributed by atoms with van der Waals surface area (Å²) in [5.74, 6) is 0.653. The van der Waals surface area contributed by atoms with Crippen molar-refractivity contribution in [3.05, 3.63) is 30.5 Å². The Morgan fingerprint density at radius 2 is 1.80 bits per heavy atom. The van der Waals surface area contributed by atoms with Crippen molar-refractivity contribution >= 4 is 18.1 Å². The quantitative estimate of drug-likeness (QED) is 0.654. The molecule has 1 aromatic rings. The second-order valence-corrected chi connectivity index (χ2v) is 2.31. The van der Waals surface area contributed by atoms with Gasteiger partial charge in [0.2, 0.25) is 0 Å². The Morgan fingerprint density at radius 3 is 2.13 bits per heavy atom. The van der Waals surface area contributed by atoms with Crippen LogP contribution in [-0.4, -0.2) is 11.7 Å². The van der Waals surface area contributed by atoms with Crippen LogP contribution in [0, 0.1) is 0 Å². The van der Waals surface area contributed by atoms with E-state index in [0.29, 0.717) is 5.82 Å². The molecule has 0 saturated heterocycles. The van der Waals surface area contributed by atoms with E-state index < -0.39 is 0 Å². The first-order chi connectivity index (χ1) is 7.25. The van der Waals surface area contributed by atoms with Crippen molar-refractivity contribution in [3.63, 3.8) is 0 Å². The monoisotopic (exact) mass is 206 g/mol. The minimum absolute atomic E-state index is 0.653. The lowest BCUT2D eigenvalue weighted by Crippen LogP contribution is -1.81. The van der Waals surface area contributed by atoms with Crippen molar-refractivity contribution in [1.29, 1.82) is 0 Å². The molecular weight excluding hydrogens is 184 g/mol. The van der Waals surface area contributed by atoms with Crippen LogP contribution in [0.5, 0.6) is 0 Å². The molecule has 0 N–H and O–H groups in total. The van der Waals surface area contributed by atoms with Crippen LogP contribution in [0.3, 0.4) is 0 Å². The van der Waals surface area contributed by atoms with E-state index in [1.807, 2.05) is 46.8 Å². The van der Waals surface area contributed by atoms with Crippen molar-refractivity contribution in [2.75, 3.05) is 0 Å². The summed E-state index contributed by atoms with van der Waals surface area (Å²) >= 11 is 0. The number of pyridine rings is 1. The zero-order chi connectivity index (χ0) is 12.3. The first-order valence-electron chi connectivity index (χ1n) is 5.33. The normalized spacial score (nSPS) is 7.53. The number of rotatable bonds is 2. The van der Waals surface area contributed by atoms with E-state index in [0.717, 1.165) is 11.1 Å². The molecule has 0 amide bonds. The maximum absolute atomic E-state index is 4.03. The standard InChI is InChI=1S/C9H10N2.2C2H6/c1-7(2)8-5-4-6-11-9(8)10-3;2*1-2/h4-6H,1,3H2,2H3;2*1-2H3. The molecule has 2 heteroatoms. The summed E-state index contributed by atoms with van der Waals surface area (Å²) in [6.45, 7) is 17.1. The molecule has 0 spiro atoms. The van der Waals surface area contributed by atoms with Crippen LogP contribution < -0.4 is 0 Å². The molecule has 1 aromatic heterocycles. The Morgan fingerprint density at radius 1 is 1.27 bits per heavy atom. The van der Waals surface area contributed by atoms with Crippen LogP contribution in [-0.2, 0) is 0 Å². The molecule has 0 atom stereocenters. The Bertz CT molecular complexity index is 290.